The van der Waals surface area contributed by atoms with Crippen molar-refractivity contribution in [1.82, 2.24) is 0 Å². The summed E-state index contributed by atoms with van der Waals surface area (Å²) in [6, 6.07) is 3.84. The van der Waals surface area contributed by atoms with E-state index in [1.54, 1.807) is 0 Å². The van der Waals surface area contributed by atoms with Gasteiger partial charge < -0.3 is 4.74 Å². The molecule has 7 nitrogen and oxygen atoms in total. The van der Waals surface area contributed by atoms with Crippen LogP contribution in [0.15, 0.2) is 24.5 Å². The zero-order valence-electron chi connectivity index (χ0n) is 9.29. The van der Waals surface area contributed by atoms with E-state index in [1.165, 1.54) is 6.92 Å². The predicted octanol–water partition coefficient (Wildman–Crippen LogP) is -4.18. The van der Waals surface area contributed by atoms with Crippen LogP contribution in [0.5, 0.6) is 0 Å². The zero-order chi connectivity index (χ0) is 13.5. The number of rotatable bonds is 2. The Balaban J connectivity index is 0.000000437. The smallest absolute Gasteiger partial charge is 0.302 e. The molecule has 0 saturated heterocycles. The van der Waals surface area contributed by atoms with Crippen molar-refractivity contribution >= 4 is 5.97 Å². The summed E-state index contributed by atoms with van der Waals surface area (Å²) in [5.41, 5.74) is 0.996. The maximum absolute atomic E-state index is 10.5. The van der Waals surface area contributed by atoms with Crippen molar-refractivity contribution in [2.75, 3.05) is 0 Å². The summed E-state index contributed by atoms with van der Waals surface area (Å²) < 4.78 is 40.7. The van der Waals surface area contributed by atoms with Crippen LogP contribution < -0.4 is 23.2 Å². The van der Waals surface area contributed by atoms with E-state index in [2.05, 4.69) is 0 Å². The van der Waals surface area contributed by atoms with E-state index in [0.717, 1.165) is 5.56 Å². The van der Waals surface area contributed by atoms with E-state index in [0.29, 0.717) is 6.61 Å². The molecule has 0 spiro atoms. The minimum Gasteiger partial charge on any atom is -0.461 e. The summed E-state index contributed by atoms with van der Waals surface area (Å²) in [6.07, 6.45) is 3.85. The third-order valence-electron chi connectivity index (χ3n) is 1.44. The van der Waals surface area contributed by atoms with Gasteiger partial charge in [0.2, 0.25) is 0 Å². The number of halogens is 1. The van der Waals surface area contributed by atoms with Gasteiger partial charge in [0.05, 0.1) is 5.56 Å². The second kappa shape index (κ2) is 7.15. The molecule has 96 valence electrons. The number of aromatic nitrogens is 1. The summed E-state index contributed by atoms with van der Waals surface area (Å²) in [5, 5.41) is 0. The van der Waals surface area contributed by atoms with Crippen molar-refractivity contribution in [3.8, 4) is 0 Å². The molecule has 1 aromatic heterocycles. The summed E-state index contributed by atoms with van der Waals surface area (Å²) >= 11 is 0. The van der Waals surface area contributed by atoms with Crippen molar-refractivity contribution in [3.63, 3.8) is 0 Å². The zero-order valence-corrected chi connectivity index (χ0v) is 10.0. The molecule has 0 N–H and O–H groups in total. The van der Waals surface area contributed by atoms with Gasteiger partial charge in [0.1, 0.15) is 13.7 Å². The molecule has 0 fully saturated rings. The summed E-state index contributed by atoms with van der Waals surface area (Å²) in [6.45, 7) is 1.76. The Morgan fingerprint density at radius 3 is 2.35 bits per heavy atom. The number of ether oxygens (including phenoxy) is 1. The van der Waals surface area contributed by atoms with Crippen LogP contribution in [0.25, 0.3) is 0 Å². The lowest BCUT2D eigenvalue weighted by molar-refractivity contribution is -2.00. The lowest BCUT2D eigenvalue weighted by atomic mass is 10.3. The molecular weight excluding hydrogens is 254 g/mol. The third kappa shape index (κ3) is 12.7. The van der Waals surface area contributed by atoms with Crippen LogP contribution >= 0.6 is 0 Å². The normalized spacial score (nSPS) is 10.2. The van der Waals surface area contributed by atoms with E-state index >= 15 is 0 Å². The molecule has 0 unspecified atom stereocenters. The van der Waals surface area contributed by atoms with Crippen LogP contribution in [0.3, 0.4) is 0 Å². The lowest BCUT2D eigenvalue weighted by Gasteiger charge is -2.17. The van der Waals surface area contributed by atoms with Gasteiger partial charge in [-0.05, 0) is 6.07 Å². The molecule has 1 aromatic rings. The van der Waals surface area contributed by atoms with Gasteiger partial charge in [-0.3, -0.25) is 4.79 Å². The van der Waals surface area contributed by atoms with Crippen LogP contribution in [0, 0.1) is 10.2 Å². The van der Waals surface area contributed by atoms with Crippen molar-refractivity contribution in [1.29, 1.82) is 0 Å². The van der Waals surface area contributed by atoms with Gasteiger partial charge in [-0.2, -0.15) is 0 Å². The highest BCUT2D eigenvalue weighted by Crippen LogP contribution is 1.96. The first-order valence-electron chi connectivity index (χ1n) is 4.38. The molecule has 0 aliphatic rings. The van der Waals surface area contributed by atoms with E-state index in [1.807, 2.05) is 36.1 Å². The number of nitrogens with zero attached hydrogens (tertiary/aromatic N) is 1. The topological polar surface area (TPSA) is 122 Å². The van der Waals surface area contributed by atoms with Crippen LogP contribution in [-0.4, -0.2) is 5.97 Å². The predicted molar refractivity (Wildman–Crippen MR) is 43.1 cm³/mol. The first-order valence-corrected chi connectivity index (χ1v) is 5.61. The van der Waals surface area contributed by atoms with E-state index in [9.17, 15) is 4.79 Å². The number of aryl methyl sites for hydroxylation is 1. The maximum Gasteiger partial charge on any atom is 0.302 e. The minimum absolute atomic E-state index is 0.249. The Morgan fingerprint density at radius 1 is 1.41 bits per heavy atom. The molecule has 0 aliphatic heterocycles. The van der Waals surface area contributed by atoms with Crippen molar-refractivity contribution < 1.29 is 43.0 Å². The number of hydrogen-bond donors (Lipinski definition) is 0. The second-order valence-electron chi connectivity index (χ2n) is 3.04. The highest BCUT2D eigenvalue weighted by atomic mass is 35.7. The molecule has 1 rings (SSSR count). The lowest BCUT2D eigenvalue weighted by Crippen LogP contribution is -2.68. The highest BCUT2D eigenvalue weighted by Gasteiger charge is 1.99. The van der Waals surface area contributed by atoms with Crippen LogP contribution in [0.4, 0.5) is 0 Å². The van der Waals surface area contributed by atoms with Gasteiger partial charge in [-0.25, -0.2) is 23.2 Å². The molecule has 0 saturated carbocycles. The van der Waals surface area contributed by atoms with Crippen LogP contribution in [-0.2, 0) is 23.2 Å². The Kier molecular flexibility index (Phi) is 6.62. The first-order chi connectivity index (χ1) is 7.68. The first kappa shape index (κ1) is 15.8. The van der Waals surface area contributed by atoms with Crippen LogP contribution in [0.1, 0.15) is 12.5 Å². The van der Waals surface area contributed by atoms with E-state index < -0.39 is 10.2 Å². The molecule has 0 radical (unpaired) electrons. The van der Waals surface area contributed by atoms with Crippen LogP contribution in [0.2, 0.25) is 0 Å². The monoisotopic (exact) mass is 265 g/mol. The molecular formula is C9H12ClNO6. The standard InChI is InChI=1S/C9H12NO2.ClHO4/c1-8(11)12-7-9-4-3-5-10(2)6-9;2-1(3,4)5/h3-6H,7H2,1-2H3;(H,2,3,4,5)/q+1;/p-1. The average molecular weight is 266 g/mol. The van der Waals surface area contributed by atoms with Gasteiger partial charge >= 0.3 is 5.97 Å². The number of hydrogen-bond acceptors (Lipinski definition) is 6. The molecule has 8 heteroatoms. The number of esters is 1. The number of carbonyl (C=O) groups excluding carboxylic acids is 1. The van der Waals surface area contributed by atoms with Gasteiger partial charge in [0, 0.05) is 13.0 Å². The Labute approximate surface area is 100 Å². The fraction of sp³-hybridized carbons (Fsp3) is 0.333. The Hall–Kier alpha value is -1.25. The second-order valence-corrected chi connectivity index (χ2v) is 3.79. The quantitative estimate of drug-likeness (QED) is 0.395. The van der Waals surface area contributed by atoms with E-state index in [-0.39, 0.29) is 5.97 Å². The van der Waals surface area contributed by atoms with Crippen molar-refractivity contribution in [2.45, 2.75) is 13.5 Å². The van der Waals surface area contributed by atoms with Gasteiger partial charge in [-0.1, -0.05) is 0 Å². The van der Waals surface area contributed by atoms with Crippen molar-refractivity contribution in [2.24, 2.45) is 7.05 Å². The van der Waals surface area contributed by atoms with Crippen molar-refractivity contribution in [3.05, 3.63) is 30.1 Å². The molecule has 0 aliphatic carbocycles. The number of pyridine rings is 1. The molecule has 17 heavy (non-hydrogen) atoms. The highest BCUT2D eigenvalue weighted by molar-refractivity contribution is 5.65. The fourth-order valence-electron chi connectivity index (χ4n) is 0.920. The molecule has 0 aromatic carbocycles. The minimum atomic E-state index is -4.94. The fourth-order valence-corrected chi connectivity index (χ4v) is 0.920. The molecule has 0 atom stereocenters. The van der Waals surface area contributed by atoms with Gasteiger partial charge in [0.25, 0.3) is 0 Å². The maximum atomic E-state index is 10.5. The number of carbonyl (C=O) groups is 1. The van der Waals surface area contributed by atoms with Gasteiger partial charge in [-0.15, -0.1) is 10.2 Å². The summed E-state index contributed by atoms with van der Waals surface area (Å²) in [5.74, 6) is -0.249. The Bertz CT molecular complexity index is 359. The van der Waals surface area contributed by atoms with E-state index in [4.69, 9.17) is 23.4 Å². The summed E-state index contributed by atoms with van der Waals surface area (Å²) in [4.78, 5) is 10.5. The third-order valence-corrected chi connectivity index (χ3v) is 1.44. The largest absolute Gasteiger partial charge is 0.461 e. The van der Waals surface area contributed by atoms with Gasteiger partial charge in [0.15, 0.2) is 12.4 Å². The summed E-state index contributed by atoms with van der Waals surface area (Å²) in [7, 11) is -3.02. The Morgan fingerprint density at radius 2 is 1.94 bits per heavy atom. The molecule has 0 amide bonds. The molecule has 0 bridgehead atoms. The average Bonchev–Trinajstić information content (AvgIpc) is 2.12. The molecule has 1 heterocycles. The SMILES string of the molecule is CC(=O)OCc1ccc[n+](C)c1.[O-][Cl+3]([O-])([O-])[O-].